The monoisotopic (exact) mass is 298 g/mol. The number of carboxylic acids is 1. The molecule has 0 saturated heterocycles. The van der Waals surface area contributed by atoms with Gasteiger partial charge in [-0.25, -0.2) is 9.18 Å². The van der Waals surface area contributed by atoms with E-state index in [9.17, 15) is 24.2 Å². The van der Waals surface area contributed by atoms with Crippen molar-refractivity contribution in [1.82, 2.24) is 5.32 Å². The van der Waals surface area contributed by atoms with Gasteiger partial charge in [0.05, 0.1) is 5.97 Å². The van der Waals surface area contributed by atoms with Crippen LogP contribution in [-0.4, -0.2) is 28.8 Å². The van der Waals surface area contributed by atoms with Gasteiger partial charge >= 0.3 is 6.09 Å². The van der Waals surface area contributed by atoms with E-state index in [0.29, 0.717) is 0 Å². The van der Waals surface area contributed by atoms with E-state index in [-0.39, 0.29) is 5.56 Å². The Balaban J connectivity index is 2.90. The number of nitrogens with one attached hydrogen (secondary N) is 1. The van der Waals surface area contributed by atoms with Crippen molar-refractivity contribution in [3.63, 3.8) is 0 Å². The molecule has 0 spiro atoms. The molecule has 2 N–H and O–H groups in total. The molecular weight excluding hydrogens is 281 g/mol. The van der Waals surface area contributed by atoms with Gasteiger partial charge in [0, 0.05) is 5.56 Å². The number of halogens is 1. The predicted molar refractivity (Wildman–Crippen MR) is 69.5 cm³/mol. The first-order chi connectivity index (χ1) is 9.61. The summed E-state index contributed by atoms with van der Waals surface area (Å²) in [5, 5.41) is 23.0. The van der Waals surface area contributed by atoms with Gasteiger partial charge in [0.25, 0.3) is 0 Å². The van der Waals surface area contributed by atoms with Gasteiger partial charge in [0.15, 0.2) is 0 Å². The Morgan fingerprint density at radius 3 is 2.38 bits per heavy atom. The average molecular weight is 298 g/mol. The molecule has 116 valence electrons. The van der Waals surface area contributed by atoms with Crippen molar-refractivity contribution in [2.24, 2.45) is 0 Å². The van der Waals surface area contributed by atoms with Crippen LogP contribution >= 0.6 is 0 Å². The third-order valence-corrected chi connectivity index (χ3v) is 2.47. The molecule has 1 aromatic carbocycles. The lowest BCUT2D eigenvalue weighted by Gasteiger charge is -2.27. The van der Waals surface area contributed by atoms with Crippen LogP contribution in [0.25, 0.3) is 0 Å². The first kappa shape index (κ1) is 16.9. The lowest BCUT2D eigenvalue weighted by molar-refractivity contribution is -0.310. The Kier molecular flexibility index (Phi) is 5.26. The van der Waals surface area contributed by atoms with Gasteiger partial charge in [-0.05, 0) is 26.8 Å². The van der Waals surface area contributed by atoms with Crippen LogP contribution in [0.1, 0.15) is 32.4 Å². The molecule has 0 heterocycles. The third kappa shape index (κ3) is 5.03. The summed E-state index contributed by atoms with van der Waals surface area (Å²) in [4.78, 5) is 22.6. The van der Waals surface area contributed by atoms with Crippen LogP contribution in [0, 0.1) is 5.82 Å². The van der Waals surface area contributed by atoms with Crippen molar-refractivity contribution in [1.29, 1.82) is 0 Å². The second-order valence-electron chi connectivity index (χ2n) is 5.41. The van der Waals surface area contributed by atoms with E-state index in [1.54, 1.807) is 20.8 Å². The second kappa shape index (κ2) is 6.53. The molecule has 0 aromatic heterocycles. The Hall–Kier alpha value is -2.15. The molecule has 0 unspecified atom stereocenters. The first-order valence-corrected chi connectivity index (χ1v) is 6.24. The SMILES string of the molecule is CC(C)(C)OC(=O)N[C@H](C(=O)[O-])[C@H](O)c1ccccc1F. The molecule has 0 bridgehead atoms. The zero-order valence-electron chi connectivity index (χ0n) is 11.9. The topological polar surface area (TPSA) is 98.7 Å². The fraction of sp³-hybridized carbons (Fsp3) is 0.429. The van der Waals surface area contributed by atoms with Gasteiger partial charge < -0.3 is 25.1 Å². The van der Waals surface area contributed by atoms with Gasteiger partial charge in [-0.3, -0.25) is 0 Å². The Morgan fingerprint density at radius 2 is 1.90 bits per heavy atom. The van der Waals surface area contributed by atoms with Gasteiger partial charge in [-0.1, -0.05) is 18.2 Å². The number of aliphatic hydroxyl groups is 1. The lowest BCUT2D eigenvalue weighted by atomic mass is 10.0. The van der Waals surface area contributed by atoms with Crippen LogP contribution in [0.3, 0.4) is 0 Å². The number of carbonyl (C=O) groups is 2. The highest BCUT2D eigenvalue weighted by molar-refractivity contribution is 5.79. The highest BCUT2D eigenvalue weighted by atomic mass is 19.1. The summed E-state index contributed by atoms with van der Waals surface area (Å²) in [6.45, 7) is 4.77. The van der Waals surface area contributed by atoms with Gasteiger partial charge in [0.2, 0.25) is 0 Å². The molecule has 0 radical (unpaired) electrons. The minimum Gasteiger partial charge on any atom is -0.548 e. The van der Waals surface area contributed by atoms with Crippen LogP contribution in [0.5, 0.6) is 0 Å². The highest BCUT2D eigenvalue weighted by Crippen LogP contribution is 2.20. The molecule has 0 fully saturated rings. The fourth-order valence-electron chi connectivity index (χ4n) is 1.60. The van der Waals surface area contributed by atoms with Crippen LogP contribution in [-0.2, 0) is 9.53 Å². The molecule has 1 aromatic rings. The molecule has 2 atom stereocenters. The number of hydrogen-bond acceptors (Lipinski definition) is 5. The highest BCUT2D eigenvalue weighted by Gasteiger charge is 2.28. The molecule has 6 nitrogen and oxygen atoms in total. The maximum absolute atomic E-state index is 13.6. The smallest absolute Gasteiger partial charge is 0.408 e. The molecule has 0 aliphatic carbocycles. The van der Waals surface area contributed by atoms with E-state index in [1.807, 2.05) is 5.32 Å². The van der Waals surface area contributed by atoms with Gasteiger partial charge in [-0.15, -0.1) is 0 Å². The van der Waals surface area contributed by atoms with Crippen LogP contribution < -0.4 is 10.4 Å². The largest absolute Gasteiger partial charge is 0.548 e. The van der Waals surface area contributed by atoms with Crippen LogP contribution in [0.2, 0.25) is 0 Å². The molecular formula is C14H17FNO5-. The van der Waals surface area contributed by atoms with Crippen molar-refractivity contribution >= 4 is 12.1 Å². The molecule has 0 aliphatic heterocycles. The van der Waals surface area contributed by atoms with E-state index in [1.165, 1.54) is 18.2 Å². The van der Waals surface area contributed by atoms with E-state index >= 15 is 0 Å². The molecule has 0 aliphatic rings. The van der Waals surface area contributed by atoms with Crippen molar-refractivity contribution in [2.75, 3.05) is 0 Å². The van der Waals surface area contributed by atoms with Crippen LogP contribution in [0.4, 0.5) is 9.18 Å². The summed E-state index contributed by atoms with van der Waals surface area (Å²) < 4.78 is 18.4. The molecule has 7 heteroatoms. The number of carboxylic acid groups (broad SMARTS) is 1. The van der Waals surface area contributed by atoms with Gasteiger partial charge in [-0.2, -0.15) is 0 Å². The maximum atomic E-state index is 13.6. The number of rotatable bonds is 4. The normalized spacial score (nSPS) is 14.1. The van der Waals surface area contributed by atoms with E-state index in [0.717, 1.165) is 6.07 Å². The summed E-state index contributed by atoms with van der Waals surface area (Å²) in [7, 11) is 0. The first-order valence-electron chi connectivity index (χ1n) is 6.24. The number of hydrogen-bond donors (Lipinski definition) is 2. The zero-order valence-corrected chi connectivity index (χ0v) is 11.9. The summed E-state index contributed by atoms with van der Waals surface area (Å²) >= 11 is 0. The number of alkyl carbamates (subject to hydrolysis) is 1. The minimum absolute atomic E-state index is 0.261. The van der Waals surface area contributed by atoms with Gasteiger partial charge in [0.1, 0.15) is 23.6 Å². The summed E-state index contributed by atoms with van der Waals surface area (Å²) in [5.74, 6) is -2.54. The van der Waals surface area contributed by atoms with E-state index in [2.05, 4.69) is 0 Å². The predicted octanol–water partition coefficient (Wildman–Crippen LogP) is 0.502. The molecule has 1 amide bonds. The number of aliphatic hydroxyl groups excluding tert-OH is 1. The second-order valence-corrected chi connectivity index (χ2v) is 5.41. The van der Waals surface area contributed by atoms with E-state index in [4.69, 9.17) is 4.74 Å². The Labute approximate surface area is 121 Å². The summed E-state index contributed by atoms with van der Waals surface area (Å²) in [5.41, 5.74) is -1.11. The van der Waals surface area contributed by atoms with Crippen molar-refractivity contribution in [3.05, 3.63) is 35.6 Å². The zero-order chi connectivity index (χ0) is 16.2. The minimum atomic E-state index is -1.84. The van der Waals surface area contributed by atoms with Crippen molar-refractivity contribution in [3.8, 4) is 0 Å². The van der Waals surface area contributed by atoms with Crippen molar-refractivity contribution in [2.45, 2.75) is 38.5 Å². The lowest BCUT2D eigenvalue weighted by Crippen LogP contribution is -2.52. The number of amides is 1. The summed E-state index contributed by atoms with van der Waals surface area (Å²) in [6.07, 6.45) is -2.85. The Morgan fingerprint density at radius 1 is 1.33 bits per heavy atom. The molecule has 21 heavy (non-hydrogen) atoms. The number of ether oxygens (including phenoxy) is 1. The summed E-state index contributed by atoms with van der Waals surface area (Å²) in [6, 6.07) is 3.27. The van der Waals surface area contributed by atoms with Crippen LogP contribution in [0.15, 0.2) is 24.3 Å². The maximum Gasteiger partial charge on any atom is 0.408 e. The number of benzene rings is 1. The fourth-order valence-corrected chi connectivity index (χ4v) is 1.60. The van der Waals surface area contributed by atoms with E-state index < -0.39 is 35.6 Å². The standard InChI is InChI=1S/C14H18FNO5/c1-14(2,3)21-13(20)16-10(12(18)19)11(17)8-6-4-5-7-9(8)15/h4-7,10-11,17H,1-3H3,(H,16,20)(H,18,19)/p-1/t10-,11+/m0/s1. The quantitative estimate of drug-likeness (QED) is 0.843. The molecule has 0 saturated carbocycles. The molecule has 1 rings (SSSR count). The van der Waals surface area contributed by atoms with Crippen molar-refractivity contribution < 1.29 is 28.9 Å². The third-order valence-electron chi connectivity index (χ3n) is 2.47. The Bertz CT molecular complexity index is 526. The number of aliphatic carboxylic acids is 1. The number of carbonyl (C=O) groups excluding carboxylic acids is 2. The average Bonchev–Trinajstić information content (AvgIpc) is 2.33.